The Hall–Kier alpha value is -7.47. The van der Waals surface area contributed by atoms with Gasteiger partial charge in [0.1, 0.15) is 66.5 Å². The minimum Gasteiger partial charge on any atom is -0.343 e. The maximum atomic E-state index is 15.0. The number of hydrogen-bond donors (Lipinski definition) is 11. The first-order valence-corrected chi connectivity index (χ1v) is 32.5. The molecule has 3 saturated heterocycles. The van der Waals surface area contributed by atoms with Crippen molar-refractivity contribution in [2.24, 2.45) is 41.1 Å². The fourth-order valence-corrected chi connectivity index (χ4v) is 11.8. The number of hydrogen-bond acceptors (Lipinski definition) is 13. The van der Waals surface area contributed by atoms with Crippen LogP contribution in [0.4, 0.5) is 0 Å². The quantitative estimate of drug-likeness (QED) is 0.102. The Bertz CT molecular complexity index is 2750. The Balaban J connectivity index is 1.60. The molecule has 0 unspecified atom stereocenters. The van der Waals surface area contributed by atoms with Crippen LogP contribution in [0.2, 0.25) is 0 Å². The zero-order valence-corrected chi connectivity index (χ0v) is 54.6. The summed E-state index contributed by atoms with van der Waals surface area (Å²) in [5.74, 6) is -8.87. The van der Waals surface area contributed by atoms with E-state index in [0.29, 0.717) is 24.0 Å². The normalized spacial score (nSPS) is 26.5. The molecule has 13 N–H and O–H groups in total. The Morgan fingerprint density at radius 2 is 0.667 bits per heavy atom. The standard InChI is InChI=1S/C66H103N13O11/c1-38(2)33-47-59(83)74-50(36-43-21-13-11-14-22-43)65(89)78-31-19-27-52(78)61(85)76-54(41(7)8)63(87)70-46(26-18-30-68)57(81)72-48(34-39(3)4)60(84)75-51(37-44-23-15-12-16-24-44)66(90)79-32-20-28-53(79)62(86)77-55(42(9)10)64(88)73-49(35-40(5)6)58(82)69-45(25-17-29-67)56(80)71-47/h11-16,21-24,38-42,45-55H,17-20,25-37,67-68H2,1-10H3,(H,69,82)(H,70,87)(H,71,80)(H,72,81)(H,73,88)(H,74,83)(H,75,84)(H,76,85)(H,77,86)/t45-,46-,47-,48-,49+,50+,51+,52-,53-,54-,55-/m0/s1. The highest BCUT2D eigenvalue weighted by molar-refractivity contribution is 6.00. The number of amides is 11. The molecule has 11 amide bonds. The van der Waals surface area contributed by atoms with Gasteiger partial charge in [-0.1, -0.05) is 130 Å². The molecule has 3 heterocycles. The Morgan fingerprint density at radius 1 is 0.378 bits per heavy atom. The van der Waals surface area contributed by atoms with Gasteiger partial charge in [-0.3, -0.25) is 52.7 Å². The number of benzene rings is 2. The summed E-state index contributed by atoms with van der Waals surface area (Å²) in [6, 6.07) is 4.78. The van der Waals surface area contributed by atoms with Crippen molar-refractivity contribution in [1.29, 1.82) is 0 Å². The van der Waals surface area contributed by atoms with Gasteiger partial charge in [-0.15, -0.1) is 0 Å². The van der Waals surface area contributed by atoms with Crippen LogP contribution < -0.4 is 59.3 Å². The predicted octanol–water partition coefficient (Wildman–Crippen LogP) is 1.76. The molecule has 0 bridgehead atoms. The van der Waals surface area contributed by atoms with Crippen molar-refractivity contribution in [1.82, 2.24) is 57.7 Å². The number of fused-ring (bicyclic) bond motifs is 2. The van der Waals surface area contributed by atoms with E-state index in [0.717, 1.165) is 0 Å². The van der Waals surface area contributed by atoms with Gasteiger partial charge in [0, 0.05) is 25.9 Å². The lowest BCUT2D eigenvalue weighted by atomic mass is 9.98. The number of nitrogens with two attached hydrogens (primary N) is 2. The summed E-state index contributed by atoms with van der Waals surface area (Å²) in [6.07, 6.45) is 2.35. The highest BCUT2D eigenvalue weighted by atomic mass is 16.2. The summed E-state index contributed by atoms with van der Waals surface area (Å²) in [7, 11) is 0. The highest BCUT2D eigenvalue weighted by Crippen LogP contribution is 2.24. The van der Waals surface area contributed by atoms with Gasteiger partial charge in [0.2, 0.25) is 65.0 Å². The third-order valence-electron chi connectivity index (χ3n) is 16.6. The van der Waals surface area contributed by atoms with Gasteiger partial charge in [0.05, 0.1) is 0 Å². The molecule has 90 heavy (non-hydrogen) atoms. The van der Waals surface area contributed by atoms with Gasteiger partial charge < -0.3 is 69.1 Å². The van der Waals surface area contributed by atoms with Crippen LogP contribution in [0.5, 0.6) is 0 Å². The topological polar surface area (TPSA) is 355 Å². The van der Waals surface area contributed by atoms with E-state index in [1.54, 1.807) is 76.2 Å². The van der Waals surface area contributed by atoms with Crippen LogP contribution in [0.3, 0.4) is 0 Å². The zero-order chi connectivity index (χ0) is 66.4. The van der Waals surface area contributed by atoms with Gasteiger partial charge in [0.25, 0.3) is 0 Å². The summed E-state index contributed by atoms with van der Waals surface area (Å²) in [5, 5.41) is 25.7. The van der Waals surface area contributed by atoms with Crippen LogP contribution in [-0.2, 0) is 65.6 Å². The van der Waals surface area contributed by atoms with Crippen LogP contribution in [0, 0.1) is 29.6 Å². The summed E-state index contributed by atoms with van der Waals surface area (Å²) in [5.41, 5.74) is 13.3. The number of rotatable bonds is 18. The van der Waals surface area contributed by atoms with E-state index < -0.39 is 143 Å². The Morgan fingerprint density at radius 3 is 0.978 bits per heavy atom. The fourth-order valence-electron chi connectivity index (χ4n) is 11.8. The third kappa shape index (κ3) is 21.9. The molecule has 0 spiro atoms. The molecule has 498 valence electrons. The summed E-state index contributed by atoms with van der Waals surface area (Å²) in [6.45, 7) is 18.6. The lowest BCUT2D eigenvalue weighted by molar-refractivity contribution is -0.143. The first-order valence-electron chi connectivity index (χ1n) is 32.5. The van der Waals surface area contributed by atoms with Gasteiger partial charge in [-0.25, -0.2) is 0 Å². The molecule has 24 nitrogen and oxygen atoms in total. The second kappa shape index (κ2) is 35.8. The maximum Gasteiger partial charge on any atom is 0.246 e. The van der Waals surface area contributed by atoms with Crippen molar-refractivity contribution in [2.75, 3.05) is 26.2 Å². The number of carbonyl (C=O) groups is 11. The molecule has 0 saturated carbocycles. The molecule has 3 fully saturated rings. The van der Waals surface area contributed by atoms with Gasteiger partial charge in [-0.05, 0) is 124 Å². The van der Waals surface area contributed by atoms with E-state index in [1.807, 2.05) is 53.7 Å². The van der Waals surface area contributed by atoms with Gasteiger partial charge in [-0.2, -0.15) is 0 Å². The summed E-state index contributed by atoms with van der Waals surface area (Å²) in [4.78, 5) is 164. The van der Waals surface area contributed by atoms with Crippen molar-refractivity contribution in [3.05, 3.63) is 71.8 Å². The molecule has 0 aromatic heterocycles. The average molecular weight is 1250 g/mol. The van der Waals surface area contributed by atoms with Crippen molar-refractivity contribution in [3.8, 4) is 0 Å². The van der Waals surface area contributed by atoms with Crippen LogP contribution >= 0.6 is 0 Å². The molecular formula is C66H103N13O11. The Kier molecular flexibility index (Phi) is 29.1. The van der Waals surface area contributed by atoms with Crippen molar-refractivity contribution in [2.45, 2.75) is 219 Å². The van der Waals surface area contributed by atoms with E-state index >= 15 is 9.59 Å². The minimum atomic E-state index is -1.24. The molecule has 0 aliphatic carbocycles. The third-order valence-corrected chi connectivity index (χ3v) is 16.6. The summed E-state index contributed by atoms with van der Waals surface area (Å²) >= 11 is 0. The first kappa shape index (κ1) is 73.3. The SMILES string of the molecule is CC(C)C[C@@H]1NC(=O)[C@H](CCCN)NC(=O)[C@@H](CC(C)C)NC(=O)[C@H](C(C)C)NC(=O)[C@@H]2CCCN2C(=O)[C@@H](Cc2ccccc2)NC(=O)[C@H](CC(C)C)NC(=O)[C@H](CCCN)NC(=O)[C@H](C(C)C)NC(=O)[C@@H]2CCCN2C(=O)[C@@H](Cc2ccccc2)NC1=O. The molecule has 3 aliphatic heterocycles. The van der Waals surface area contributed by atoms with Gasteiger partial charge in [0.15, 0.2) is 0 Å². The van der Waals surface area contributed by atoms with Gasteiger partial charge >= 0.3 is 0 Å². The van der Waals surface area contributed by atoms with Crippen LogP contribution in [0.15, 0.2) is 60.7 Å². The molecule has 2 aromatic carbocycles. The van der Waals surface area contributed by atoms with Crippen LogP contribution in [0.25, 0.3) is 0 Å². The molecule has 24 heteroatoms. The van der Waals surface area contributed by atoms with E-state index in [9.17, 15) is 43.2 Å². The van der Waals surface area contributed by atoms with Crippen LogP contribution in [0.1, 0.15) is 151 Å². The maximum absolute atomic E-state index is 15.0. The van der Waals surface area contributed by atoms with E-state index in [2.05, 4.69) is 47.9 Å². The molecule has 3 aliphatic rings. The lowest BCUT2D eigenvalue weighted by Gasteiger charge is -2.32. The minimum absolute atomic E-state index is 0.00642. The lowest BCUT2D eigenvalue weighted by Crippen LogP contribution is -2.61. The molecule has 5 rings (SSSR count). The largest absolute Gasteiger partial charge is 0.343 e. The first-order chi connectivity index (χ1) is 42.7. The Labute approximate surface area is 531 Å². The van der Waals surface area contributed by atoms with Crippen LogP contribution in [-0.4, -0.2) is 167 Å². The smallest absolute Gasteiger partial charge is 0.246 e. The second-order valence-corrected chi connectivity index (χ2v) is 26.4. The van der Waals surface area contributed by atoms with Crippen molar-refractivity contribution >= 4 is 65.0 Å². The summed E-state index contributed by atoms with van der Waals surface area (Å²) < 4.78 is 0. The van der Waals surface area contributed by atoms with E-state index in [1.165, 1.54) is 9.80 Å². The predicted molar refractivity (Wildman–Crippen MR) is 342 cm³/mol. The monoisotopic (exact) mass is 1250 g/mol. The molecule has 2 aromatic rings. The molecule has 11 atom stereocenters. The van der Waals surface area contributed by atoms with Crippen molar-refractivity contribution < 1.29 is 52.7 Å². The van der Waals surface area contributed by atoms with E-state index in [4.69, 9.17) is 11.5 Å². The van der Waals surface area contributed by atoms with E-state index in [-0.39, 0.29) is 115 Å². The van der Waals surface area contributed by atoms with Crippen molar-refractivity contribution in [3.63, 3.8) is 0 Å². The highest BCUT2D eigenvalue weighted by Gasteiger charge is 2.44. The fraction of sp³-hybridized carbons (Fsp3) is 0.652. The molecular weight excluding hydrogens is 1150 g/mol. The second-order valence-electron chi connectivity index (χ2n) is 26.4. The number of nitrogens with one attached hydrogen (secondary N) is 9. The molecule has 0 radical (unpaired) electrons. The zero-order valence-electron chi connectivity index (χ0n) is 54.6. The average Bonchev–Trinajstić information content (AvgIpc) is 2.84. The number of nitrogens with zero attached hydrogens (tertiary/aromatic N) is 2. The number of carbonyl (C=O) groups excluding carboxylic acids is 11.